The molecule has 0 amide bonds. The first-order valence-corrected chi connectivity index (χ1v) is 11.8. The second kappa shape index (κ2) is 9.47. The number of rotatable bonds is 8. The number of benzene rings is 1. The van der Waals surface area contributed by atoms with E-state index in [0.29, 0.717) is 26.2 Å². The van der Waals surface area contributed by atoms with Crippen molar-refractivity contribution < 1.29 is 26.8 Å². The Bertz CT molecular complexity index is 1060. The van der Waals surface area contributed by atoms with E-state index in [-0.39, 0.29) is 23.8 Å². The van der Waals surface area contributed by atoms with Crippen LogP contribution in [0, 0.1) is 6.92 Å². The van der Waals surface area contributed by atoms with E-state index >= 15 is 0 Å². The first-order chi connectivity index (χ1) is 14.9. The predicted octanol–water partition coefficient (Wildman–Crippen LogP) is 1.80. The zero-order chi connectivity index (χ0) is 21.8. The number of hydrogen-bond donors (Lipinski definition) is 0. The average Bonchev–Trinajstić information content (AvgIpc) is 3.16. The van der Waals surface area contributed by atoms with Gasteiger partial charge in [-0.05, 0) is 38.3 Å². The maximum absolute atomic E-state index is 12.4. The molecule has 2 aliphatic rings. The minimum absolute atomic E-state index is 0.0870. The van der Waals surface area contributed by atoms with Crippen molar-refractivity contribution in [3.8, 4) is 6.01 Å². The highest BCUT2D eigenvalue weighted by molar-refractivity contribution is 7.86. The van der Waals surface area contributed by atoms with Gasteiger partial charge in [-0.3, -0.25) is 13.5 Å². The Labute approximate surface area is 181 Å². The van der Waals surface area contributed by atoms with E-state index in [1.807, 2.05) is 6.92 Å². The number of hydrogen-bond acceptors (Lipinski definition) is 8. The standard InChI is InChI=1S/C21H26N2O7S/c1-15-5-7-18(8-6-15)31(25,26)29-14-17-13-23-16(12-19(24)22-21(23)30-17)9-11-28-20-4-2-3-10-27-20/h5-8,12,17,20H,2-4,9-11,13-14H2,1H3. The number of ether oxygens (including phenoxy) is 3. The molecule has 168 valence electrons. The number of aryl methyl sites for hydroxylation is 1. The zero-order valence-electron chi connectivity index (χ0n) is 17.4. The number of aromatic nitrogens is 2. The maximum atomic E-state index is 12.4. The molecule has 0 aliphatic carbocycles. The van der Waals surface area contributed by atoms with Crippen LogP contribution in [0.3, 0.4) is 0 Å². The first kappa shape index (κ1) is 21.9. The summed E-state index contributed by atoms with van der Waals surface area (Å²) in [7, 11) is -3.90. The molecule has 4 rings (SSSR count). The van der Waals surface area contributed by atoms with Crippen LogP contribution in [0.1, 0.15) is 30.5 Å². The average molecular weight is 451 g/mol. The Morgan fingerprint density at radius 1 is 1.23 bits per heavy atom. The van der Waals surface area contributed by atoms with Crippen LogP contribution in [0.4, 0.5) is 0 Å². The lowest BCUT2D eigenvalue weighted by molar-refractivity contribution is -0.161. The van der Waals surface area contributed by atoms with Crippen LogP contribution in [0.2, 0.25) is 0 Å². The van der Waals surface area contributed by atoms with E-state index in [0.717, 1.165) is 30.5 Å². The third-order valence-corrected chi connectivity index (χ3v) is 6.55. The molecule has 3 heterocycles. The molecule has 31 heavy (non-hydrogen) atoms. The highest BCUT2D eigenvalue weighted by Crippen LogP contribution is 2.22. The van der Waals surface area contributed by atoms with Gasteiger partial charge in [0.05, 0.1) is 18.0 Å². The van der Waals surface area contributed by atoms with Crippen molar-refractivity contribution in [2.24, 2.45) is 0 Å². The molecule has 2 aromatic rings. The normalized spacial score (nSPS) is 20.9. The zero-order valence-corrected chi connectivity index (χ0v) is 18.2. The lowest BCUT2D eigenvalue weighted by atomic mass is 10.2. The Morgan fingerprint density at radius 3 is 2.77 bits per heavy atom. The Balaban J connectivity index is 1.36. The van der Waals surface area contributed by atoms with Gasteiger partial charge in [-0.25, -0.2) is 0 Å². The molecule has 9 nitrogen and oxygen atoms in total. The van der Waals surface area contributed by atoms with Crippen molar-refractivity contribution >= 4 is 10.1 Å². The molecule has 1 aromatic heterocycles. The molecule has 0 bridgehead atoms. The second-order valence-electron chi connectivity index (χ2n) is 7.69. The molecule has 1 aromatic carbocycles. The van der Waals surface area contributed by atoms with Gasteiger partial charge in [0.25, 0.3) is 21.7 Å². The van der Waals surface area contributed by atoms with Gasteiger partial charge in [0, 0.05) is 24.8 Å². The van der Waals surface area contributed by atoms with E-state index in [2.05, 4.69) is 4.98 Å². The molecule has 0 spiro atoms. The third kappa shape index (κ3) is 5.51. The maximum Gasteiger partial charge on any atom is 0.300 e. The van der Waals surface area contributed by atoms with Crippen LogP contribution in [-0.2, 0) is 36.7 Å². The smallest absolute Gasteiger partial charge is 0.300 e. The molecule has 0 saturated carbocycles. The van der Waals surface area contributed by atoms with Crippen molar-refractivity contribution in [3.63, 3.8) is 0 Å². The highest BCUT2D eigenvalue weighted by Gasteiger charge is 2.28. The monoisotopic (exact) mass is 450 g/mol. The topological polar surface area (TPSA) is 106 Å². The summed E-state index contributed by atoms with van der Waals surface area (Å²) in [6, 6.07) is 8.04. The summed E-state index contributed by atoms with van der Waals surface area (Å²) in [4.78, 5) is 15.9. The lowest BCUT2D eigenvalue weighted by Crippen LogP contribution is -2.25. The lowest BCUT2D eigenvalue weighted by Gasteiger charge is -2.22. The van der Waals surface area contributed by atoms with Crippen molar-refractivity contribution in [3.05, 3.63) is 51.9 Å². The summed E-state index contributed by atoms with van der Waals surface area (Å²) in [6.45, 7) is 3.13. The summed E-state index contributed by atoms with van der Waals surface area (Å²) < 4.78 is 48.8. The first-order valence-electron chi connectivity index (χ1n) is 10.4. The van der Waals surface area contributed by atoms with Crippen molar-refractivity contribution in [2.45, 2.75) is 56.4 Å². The summed E-state index contributed by atoms with van der Waals surface area (Å²) in [5, 5.41) is 0. The van der Waals surface area contributed by atoms with Gasteiger partial charge in [0.2, 0.25) is 0 Å². The molecule has 1 saturated heterocycles. The molecule has 2 unspecified atom stereocenters. The van der Waals surface area contributed by atoms with Gasteiger partial charge >= 0.3 is 0 Å². The van der Waals surface area contributed by atoms with Gasteiger partial charge in [-0.1, -0.05) is 17.7 Å². The highest BCUT2D eigenvalue weighted by atomic mass is 32.2. The van der Waals surface area contributed by atoms with Gasteiger partial charge in [-0.15, -0.1) is 0 Å². The Morgan fingerprint density at radius 2 is 2.03 bits per heavy atom. The summed E-state index contributed by atoms with van der Waals surface area (Å²) in [5.74, 6) is 0. The minimum atomic E-state index is -3.90. The largest absolute Gasteiger partial charge is 0.457 e. The van der Waals surface area contributed by atoms with Gasteiger partial charge < -0.3 is 14.2 Å². The van der Waals surface area contributed by atoms with Crippen LogP contribution in [0.25, 0.3) is 0 Å². The van der Waals surface area contributed by atoms with Gasteiger partial charge in [0.1, 0.15) is 12.7 Å². The summed E-state index contributed by atoms with van der Waals surface area (Å²) >= 11 is 0. The fourth-order valence-corrected chi connectivity index (χ4v) is 4.51. The number of nitrogens with zero attached hydrogens (tertiary/aromatic N) is 2. The number of fused-ring (bicyclic) bond motifs is 1. The van der Waals surface area contributed by atoms with Crippen molar-refractivity contribution in [2.75, 3.05) is 19.8 Å². The molecular formula is C21H26N2O7S. The molecule has 0 N–H and O–H groups in total. The van der Waals surface area contributed by atoms with Gasteiger partial charge in [0.15, 0.2) is 6.29 Å². The fraction of sp³-hybridized carbons (Fsp3) is 0.524. The molecule has 0 radical (unpaired) electrons. The van der Waals surface area contributed by atoms with E-state index < -0.39 is 21.8 Å². The minimum Gasteiger partial charge on any atom is -0.457 e. The van der Waals surface area contributed by atoms with Crippen LogP contribution in [0.15, 0.2) is 40.0 Å². The molecule has 2 aliphatic heterocycles. The van der Waals surface area contributed by atoms with Crippen LogP contribution in [0.5, 0.6) is 6.01 Å². The Kier molecular flexibility index (Phi) is 6.71. The fourth-order valence-electron chi connectivity index (χ4n) is 3.58. The van der Waals surface area contributed by atoms with E-state index in [4.69, 9.17) is 18.4 Å². The summed E-state index contributed by atoms with van der Waals surface area (Å²) in [5.41, 5.74) is 1.26. The summed E-state index contributed by atoms with van der Waals surface area (Å²) in [6.07, 6.45) is 2.71. The van der Waals surface area contributed by atoms with Gasteiger partial charge in [-0.2, -0.15) is 13.4 Å². The third-order valence-electron chi connectivity index (χ3n) is 5.25. The SMILES string of the molecule is Cc1ccc(S(=O)(=O)OCC2Cn3c(CCOC4CCCCO4)cc(=O)nc3O2)cc1. The molecule has 1 fully saturated rings. The molecule has 2 atom stereocenters. The molecular weight excluding hydrogens is 424 g/mol. The van der Waals surface area contributed by atoms with Crippen LogP contribution in [-0.4, -0.2) is 50.2 Å². The van der Waals surface area contributed by atoms with E-state index in [9.17, 15) is 13.2 Å². The van der Waals surface area contributed by atoms with E-state index in [1.54, 1.807) is 16.7 Å². The molecule has 10 heteroatoms. The van der Waals surface area contributed by atoms with Crippen molar-refractivity contribution in [1.82, 2.24) is 9.55 Å². The second-order valence-corrected chi connectivity index (χ2v) is 9.30. The quantitative estimate of drug-likeness (QED) is 0.561. The van der Waals surface area contributed by atoms with Crippen molar-refractivity contribution in [1.29, 1.82) is 0 Å². The predicted molar refractivity (Wildman–Crippen MR) is 110 cm³/mol. The van der Waals surface area contributed by atoms with E-state index in [1.165, 1.54) is 18.2 Å². The van der Waals surface area contributed by atoms with Crippen LogP contribution >= 0.6 is 0 Å². The Hall–Kier alpha value is -2.27. The van der Waals surface area contributed by atoms with Crippen LogP contribution < -0.4 is 10.3 Å².